The first-order chi connectivity index (χ1) is 15.4. The molecule has 0 radical (unpaired) electrons. The van der Waals surface area contributed by atoms with Crippen molar-refractivity contribution in [2.75, 3.05) is 6.54 Å². The Balaban J connectivity index is 1.45. The van der Waals surface area contributed by atoms with Gasteiger partial charge in [-0.2, -0.15) is 10.4 Å². The Morgan fingerprint density at radius 3 is 2.78 bits per heavy atom. The van der Waals surface area contributed by atoms with Gasteiger partial charge < -0.3 is 10.2 Å². The molecule has 2 amide bonds. The molecule has 1 aliphatic carbocycles. The zero-order valence-corrected chi connectivity index (χ0v) is 18.3. The normalized spacial score (nSPS) is 13.1. The first-order valence-corrected chi connectivity index (χ1v) is 10.7. The summed E-state index contributed by atoms with van der Waals surface area (Å²) in [6, 6.07) is 11.5. The maximum Gasteiger partial charge on any atom is 0.245 e. The first-order valence-electron chi connectivity index (χ1n) is 9.92. The van der Waals surface area contributed by atoms with Crippen molar-refractivity contribution in [2.24, 2.45) is 0 Å². The van der Waals surface area contributed by atoms with Crippen LogP contribution >= 0.6 is 23.2 Å². The number of rotatable bonds is 7. The highest BCUT2D eigenvalue weighted by Gasteiger charge is 2.34. The van der Waals surface area contributed by atoms with E-state index >= 15 is 0 Å². The molecule has 1 aromatic heterocycles. The van der Waals surface area contributed by atoms with Gasteiger partial charge in [0.2, 0.25) is 11.8 Å². The number of nitrogens with zero attached hydrogens (tertiary/aromatic N) is 4. The SMILES string of the molecule is N#Cc1nn(CC(=O)N(CC(=O)NCc2cccc(Cl)c2F)C2CC2)c2ccc(Cl)cc12. The Labute approximate surface area is 193 Å². The summed E-state index contributed by atoms with van der Waals surface area (Å²) in [5.41, 5.74) is 1.05. The average molecular weight is 474 g/mol. The van der Waals surface area contributed by atoms with Gasteiger partial charge in [-0.05, 0) is 37.1 Å². The molecule has 1 saturated carbocycles. The molecule has 1 aliphatic rings. The van der Waals surface area contributed by atoms with Crippen molar-refractivity contribution < 1.29 is 14.0 Å². The van der Waals surface area contributed by atoms with E-state index in [1.165, 1.54) is 21.7 Å². The number of halogens is 3. The molecule has 0 bridgehead atoms. The van der Waals surface area contributed by atoms with Crippen LogP contribution in [-0.4, -0.2) is 39.1 Å². The topological polar surface area (TPSA) is 91.0 Å². The molecule has 4 rings (SSSR count). The maximum atomic E-state index is 14.0. The fraction of sp³-hybridized carbons (Fsp3) is 0.273. The first kappa shape index (κ1) is 22.1. The van der Waals surface area contributed by atoms with Crippen molar-refractivity contribution in [3.63, 3.8) is 0 Å². The van der Waals surface area contributed by atoms with E-state index in [0.717, 1.165) is 12.8 Å². The fourth-order valence-corrected chi connectivity index (χ4v) is 3.84. The Hall–Kier alpha value is -3.15. The van der Waals surface area contributed by atoms with E-state index in [0.29, 0.717) is 15.9 Å². The predicted molar refractivity (Wildman–Crippen MR) is 117 cm³/mol. The molecule has 1 heterocycles. The van der Waals surface area contributed by atoms with Gasteiger partial charge in [0.25, 0.3) is 0 Å². The lowest BCUT2D eigenvalue weighted by molar-refractivity contribution is -0.137. The molecule has 0 spiro atoms. The van der Waals surface area contributed by atoms with Crippen molar-refractivity contribution in [1.82, 2.24) is 20.0 Å². The number of carbonyl (C=O) groups is 2. The number of fused-ring (bicyclic) bond motifs is 1. The highest BCUT2D eigenvalue weighted by Crippen LogP contribution is 2.28. The zero-order chi connectivity index (χ0) is 22.8. The molecular weight excluding hydrogens is 456 g/mol. The zero-order valence-electron chi connectivity index (χ0n) is 16.8. The second kappa shape index (κ2) is 9.15. The third-order valence-electron chi connectivity index (χ3n) is 5.23. The third-order valence-corrected chi connectivity index (χ3v) is 5.76. The number of carbonyl (C=O) groups excluding carboxylic acids is 2. The Morgan fingerprint density at radius 2 is 2.06 bits per heavy atom. The molecule has 10 heteroatoms. The van der Waals surface area contributed by atoms with E-state index in [1.807, 2.05) is 6.07 Å². The maximum absolute atomic E-state index is 14.0. The molecule has 0 atom stereocenters. The quantitative estimate of drug-likeness (QED) is 0.566. The molecular formula is C22H18Cl2FN5O2. The second-order valence-corrected chi connectivity index (χ2v) is 8.37. The minimum absolute atomic E-state index is 0.0176. The number of hydrogen-bond acceptors (Lipinski definition) is 4. The van der Waals surface area contributed by atoms with Crippen LogP contribution in [0.5, 0.6) is 0 Å². The number of nitriles is 1. The summed E-state index contributed by atoms with van der Waals surface area (Å²) in [6.45, 7) is -0.303. The number of hydrogen-bond donors (Lipinski definition) is 1. The monoisotopic (exact) mass is 473 g/mol. The average Bonchev–Trinajstić information content (AvgIpc) is 3.55. The van der Waals surface area contributed by atoms with Gasteiger partial charge in [0.15, 0.2) is 5.69 Å². The van der Waals surface area contributed by atoms with Crippen LogP contribution in [0, 0.1) is 17.1 Å². The van der Waals surface area contributed by atoms with Gasteiger partial charge in [-0.15, -0.1) is 0 Å². The van der Waals surface area contributed by atoms with E-state index in [2.05, 4.69) is 10.4 Å². The number of aromatic nitrogens is 2. The summed E-state index contributed by atoms with van der Waals surface area (Å²) >= 11 is 11.8. The van der Waals surface area contributed by atoms with E-state index in [4.69, 9.17) is 23.2 Å². The Morgan fingerprint density at radius 1 is 1.28 bits per heavy atom. The van der Waals surface area contributed by atoms with Gasteiger partial charge in [0, 0.05) is 28.6 Å². The molecule has 2 aromatic carbocycles. The van der Waals surface area contributed by atoms with Crippen LogP contribution in [0.3, 0.4) is 0 Å². The van der Waals surface area contributed by atoms with Crippen molar-refractivity contribution >= 4 is 45.9 Å². The number of amides is 2. The second-order valence-electron chi connectivity index (χ2n) is 7.52. The molecule has 1 N–H and O–H groups in total. The molecule has 3 aromatic rings. The summed E-state index contributed by atoms with van der Waals surface area (Å²) in [6.07, 6.45) is 1.61. The molecule has 1 fully saturated rings. The van der Waals surface area contributed by atoms with E-state index in [9.17, 15) is 19.2 Å². The van der Waals surface area contributed by atoms with Gasteiger partial charge in [-0.1, -0.05) is 35.3 Å². The van der Waals surface area contributed by atoms with Gasteiger partial charge in [0.1, 0.15) is 18.4 Å². The highest BCUT2D eigenvalue weighted by molar-refractivity contribution is 6.31. The Kier molecular flexibility index (Phi) is 6.31. The summed E-state index contributed by atoms with van der Waals surface area (Å²) in [7, 11) is 0. The van der Waals surface area contributed by atoms with Crippen LogP contribution in [0.2, 0.25) is 10.0 Å². The summed E-state index contributed by atoms with van der Waals surface area (Å²) in [4.78, 5) is 27.0. The highest BCUT2D eigenvalue weighted by atomic mass is 35.5. The Bertz CT molecular complexity index is 1250. The van der Waals surface area contributed by atoms with Crippen molar-refractivity contribution in [3.8, 4) is 6.07 Å². The molecule has 0 aliphatic heterocycles. The van der Waals surface area contributed by atoms with E-state index in [-0.39, 0.29) is 47.9 Å². The summed E-state index contributed by atoms with van der Waals surface area (Å²) in [5.74, 6) is -1.27. The summed E-state index contributed by atoms with van der Waals surface area (Å²) < 4.78 is 15.5. The fourth-order valence-electron chi connectivity index (χ4n) is 3.47. The summed E-state index contributed by atoms with van der Waals surface area (Å²) in [5, 5.41) is 17.2. The molecule has 7 nitrogen and oxygen atoms in total. The predicted octanol–water partition coefficient (Wildman–Crippen LogP) is 3.66. The molecule has 0 saturated heterocycles. The third kappa shape index (κ3) is 4.69. The van der Waals surface area contributed by atoms with Crippen LogP contribution in [0.4, 0.5) is 4.39 Å². The lowest BCUT2D eigenvalue weighted by Crippen LogP contribution is -2.43. The minimum atomic E-state index is -0.580. The standard InChI is InChI=1S/C22H18Cl2FN5O2/c23-14-4-7-19-16(8-14)18(9-26)28-30(19)12-21(32)29(15-5-6-15)11-20(31)27-10-13-2-1-3-17(24)22(13)25/h1-4,7-8,15H,5-6,10-12H2,(H,27,31). The van der Waals surface area contributed by atoms with Gasteiger partial charge in [0.05, 0.1) is 17.1 Å². The van der Waals surface area contributed by atoms with Crippen molar-refractivity contribution in [3.05, 3.63) is 63.5 Å². The van der Waals surface area contributed by atoms with E-state index < -0.39 is 11.7 Å². The van der Waals surface area contributed by atoms with Crippen LogP contribution in [-0.2, 0) is 22.7 Å². The van der Waals surface area contributed by atoms with Crippen LogP contribution in [0.1, 0.15) is 24.1 Å². The van der Waals surface area contributed by atoms with Gasteiger partial charge in [-0.25, -0.2) is 4.39 Å². The minimum Gasteiger partial charge on any atom is -0.350 e. The van der Waals surface area contributed by atoms with Crippen LogP contribution in [0.15, 0.2) is 36.4 Å². The number of benzene rings is 2. The van der Waals surface area contributed by atoms with Crippen LogP contribution in [0.25, 0.3) is 10.9 Å². The number of nitrogens with one attached hydrogen (secondary N) is 1. The van der Waals surface area contributed by atoms with Crippen molar-refractivity contribution in [1.29, 1.82) is 5.26 Å². The lowest BCUT2D eigenvalue weighted by atomic mass is 10.2. The molecule has 164 valence electrons. The molecule has 32 heavy (non-hydrogen) atoms. The largest absolute Gasteiger partial charge is 0.350 e. The van der Waals surface area contributed by atoms with Gasteiger partial charge in [-0.3, -0.25) is 14.3 Å². The lowest BCUT2D eigenvalue weighted by Gasteiger charge is -2.22. The van der Waals surface area contributed by atoms with Gasteiger partial charge >= 0.3 is 0 Å². The molecule has 0 unspecified atom stereocenters. The van der Waals surface area contributed by atoms with E-state index in [1.54, 1.807) is 24.3 Å². The van der Waals surface area contributed by atoms with Crippen molar-refractivity contribution in [2.45, 2.75) is 32.0 Å². The smallest absolute Gasteiger partial charge is 0.245 e. The van der Waals surface area contributed by atoms with Crippen LogP contribution < -0.4 is 5.32 Å².